The van der Waals surface area contributed by atoms with Crippen LogP contribution in [0.25, 0.3) is 0 Å². The first kappa shape index (κ1) is 17.5. The van der Waals surface area contributed by atoms with Gasteiger partial charge in [0, 0.05) is 0 Å². The van der Waals surface area contributed by atoms with E-state index in [4.69, 9.17) is 4.74 Å². The van der Waals surface area contributed by atoms with Gasteiger partial charge < -0.3 is 10.1 Å². The van der Waals surface area contributed by atoms with Crippen molar-refractivity contribution in [2.45, 2.75) is 52.0 Å². The Hall–Kier alpha value is -2.29. The second kappa shape index (κ2) is 7.73. The SMILES string of the molecule is Cc1ccc(C(C)C)c(OCC(=O)N[C@@H]2CCCc3ccccc32)c1. The molecular weight excluding hydrogens is 310 g/mol. The molecule has 0 radical (unpaired) electrons. The van der Waals surface area contributed by atoms with Gasteiger partial charge in [-0.2, -0.15) is 0 Å². The van der Waals surface area contributed by atoms with E-state index in [1.165, 1.54) is 11.1 Å². The first-order valence-corrected chi connectivity index (χ1v) is 9.15. The van der Waals surface area contributed by atoms with Gasteiger partial charge in [-0.3, -0.25) is 4.79 Å². The van der Waals surface area contributed by atoms with Crippen molar-refractivity contribution in [3.63, 3.8) is 0 Å². The molecule has 2 aromatic carbocycles. The average molecular weight is 337 g/mol. The minimum absolute atomic E-state index is 0.0574. The molecule has 0 aliphatic heterocycles. The number of nitrogens with one attached hydrogen (secondary N) is 1. The number of benzene rings is 2. The lowest BCUT2D eigenvalue weighted by Crippen LogP contribution is -2.34. The van der Waals surface area contributed by atoms with Gasteiger partial charge in [-0.05, 0) is 60.4 Å². The van der Waals surface area contributed by atoms with Crippen LogP contribution in [0.4, 0.5) is 0 Å². The van der Waals surface area contributed by atoms with Gasteiger partial charge in [0.05, 0.1) is 6.04 Å². The predicted molar refractivity (Wildman–Crippen MR) is 101 cm³/mol. The standard InChI is InChI=1S/C22H27NO2/c1-15(2)18-12-11-16(3)13-21(18)25-14-22(24)23-20-10-6-8-17-7-4-5-9-19(17)20/h4-5,7,9,11-13,15,20H,6,8,10,14H2,1-3H3,(H,23,24)/t20-/m1/s1. The van der Waals surface area contributed by atoms with Gasteiger partial charge in [0.2, 0.25) is 0 Å². The highest BCUT2D eigenvalue weighted by molar-refractivity contribution is 5.78. The molecule has 1 aliphatic carbocycles. The summed E-state index contributed by atoms with van der Waals surface area (Å²) in [5, 5.41) is 3.14. The molecule has 0 fully saturated rings. The van der Waals surface area contributed by atoms with Crippen LogP contribution in [0.15, 0.2) is 42.5 Å². The summed E-state index contributed by atoms with van der Waals surface area (Å²) in [7, 11) is 0. The highest BCUT2D eigenvalue weighted by atomic mass is 16.5. The normalized spacial score (nSPS) is 16.4. The van der Waals surface area contributed by atoms with Crippen LogP contribution in [0.3, 0.4) is 0 Å². The molecule has 132 valence electrons. The largest absolute Gasteiger partial charge is 0.483 e. The molecule has 25 heavy (non-hydrogen) atoms. The minimum atomic E-state index is -0.0575. The zero-order chi connectivity index (χ0) is 17.8. The van der Waals surface area contributed by atoms with Crippen LogP contribution in [0.2, 0.25) is 0 Å². The van der Waals surface area contributed by atoms with Gasteiger partial charge in [-0.25, -0.2) is 0 Å². The highest BCUT2D eigenvalue weighted by Gasteiger charge is 2.21. The Kier molecular flexibility index (Phi) is 5.42. The Balaban J connectivity index is 1.64. The van der Waals surface area contributed by atoms with E-state index in [-0.39, 0.29) is 18.6 Å². The molecule has 1 N–H and O–H groups in total. The van der Waals surface area contributed by atoms with E-state index >= 15 is 0 Å². The average Bonchev–Trinajstić information content (AvgIpc) is 2.60. The fourth-order valence-electron chi connectivity index (χ4n) is 3.53. The fourth-order valence-corrected chi connectivity index (χ4v) is 3.53. The van der Waals surface area contributed by atoms with Gasteiger partial charge in [0.25, 0.3) is 5.91 Å². The maximum Gasteiger partial charge on any atom is 0.258 e. The smallest absolute Gasteiger partial charge is 0.258 e. The number of carbonyl (C=O) groups excluding carboxylic acids is 1. The fraction of sp³-hybridized carbons (Fsp3) is 0.409. The molecule has 0 saturated heterocycles. The summed E-state index contributed by atoms with van der Waals surface area (Å²) in [6, 6.07) is 14.7. The second-order valence-electron chi connectivity index (χ2n) is 7.20. The molecule has 0 aromatic heterocycles. The van der Waals surface area contributed by atoms with Crippen LogP contribution in [0.5, 0.6) is 5.75 Å². The van der Waals surface area contributed by atoms with Crippen LogP contribution in [0.1, 0.15) is 60.9 Å². The molecule has 0 heterocycles. The van der Waals surface area contributed by atoms with Gasteiger partial charge in [-0.1, -0.05) is 50.2 Å². The third-order valence-electron chi connectivity index (χ3n) is 4.85. The van der Waals surface area contributed by atoms with Crippen molar-refractivity contribution < 1.29 is 9.53 Å². The molecule has 3 nitrogen and oxygen atoms in total. The van der Waals surface area contributed by atoms with Crippen molar-refractivity contribution >= 4 is 5.91 Å². The van der Waals surface area contributed by atoms with E-state index in [9.17, 15) is 4.79 Å². The first-order valence-electron chi connectivity index (χ1n) is 9.15. The van der Waals surface area contributed by atoms with E-state index in [0.29, 0.717) is 5.92 Å². The molecule has 0 bridgehead atoms. The van der Waals surface area contributed by atoms with Crippen molar-refractivity contribution in [2.75, 3.05) is 6.61 Å². The van der Waals surface area contributed by atoms with Crippen LogP contribution in [-0.2, 0) is 11.2 Å². The van der Waals surface area contributed by atoms with Crippen molar-refractivity contribution in [1.82, 2.24) is 5.32 Å². The molecular formula is C22H27NO2. The summed E-state index contributed by atoms with van der Waals surface area (Å²) >= 11 is 0. The van der Waals surface area contributed by atoms with Crippen LogP contribution in [0, 0.1) is 6.92 Å². The minimum Gasteiger partial charge on any atom is -0.483 e. The van der Waals surface area contributed by atoms with E-state index < -0.39 is 0 Å². The number of aryl methyl sites for hydroxylation is 2. The maximum absolute atomic E-state index is 12.4. The lowest BCUT2D eigenvalue weighted by atomic mass is 9.88. The van der Waals surface area contributed by atoms with Crippen LogP contribution < -0.4 is 10.1 Å². The lowest BCUT2D eigenvalue weighted by Gasteiger charge is -2.26. The lowest BCUT2D eigenvalue weighted by molar-refractivity contribution is -0.124. The number of carbonyl (C=O) groups is 1. The number of amides is 1. The van der Waals surface area contributed by atoms with Crippen molar-refractivity contribution in [2.24, 2.45) is 0 Å². The Morgan fingerprint density at radius 3 is 2.84 bits per heavy atom. The Bertz CT molecular complexity index is 751. The Labute approximate surface area is 150 Å². The molecule has 1 amide bonds. The number of fused-ring (bicyclic) bond motifs is 1. The summed E-state index contributed by atoms with van der Waals surface area (Å²) < 4.78 is 5.86. The van der Waals surface area contributed by atoms with Gasteiger partial charge >= 0.3 is 0 Å². The molecule has 1 aliphatic rings. The zero-order valence-electron chi connectivity index (χ0n) is 15.3. The molecule has 0 spiro atoms. The van der Waals surface area contributed by atoms with E-state index in [2.05, 4.69) is 49.5 Å². The molecule has 2 aromatic rings. The number of rotatable bonds is 5. The van der Waals surface area contributed by atoms with E-state index in [1.54, 1.807) is 0 Å². The molecule has 1 atom stereocenters. The van der Waals surface area contributed by atoms with Crippen molar-refractivity contribution in [3.8, 4) is 5.75 Å². The molecule has 0 saturated carbocycles. The number of ether oxygens (including phenoxy) is 1. The topological polar surface area (TPSA) is 38.3 Å². The summed E-state index contributed by atoms with van der Waals surface area (Å²) in [4.78, 5) is 12.4. The van der Waals surface area contributed by atoms with E-state index in [1.807, 2.05) is 19.1 Å². The third kappa shape index (κ3) is 4.22. The van der Waals surface area contributed by atoms with Gasteiger partial charge in [-0.15, -0.1) is 0 Å². The molecule has 3 heteroatoms. The predicted octanol–water partition coefficient (Wildman–Crippen LogP) is 4.69. The quantitative estimate of drug-likeness (QED) is 0.859. The third-order valence-corrected chi connectivity index (χ3v) is 4.85. The summed E-state index contributed by atoms with van der Waals surface area (Å²) in [5.41, 5.74) is 4.88. The van der Waals surface area contributed by atoms with Crippen LogP contribution >= 0.6 is 0 Å². The van der Waals surface area contributed by atoms with Gasteiger partial charge in [0.1, 0.15) is 5.75 Å². The van der Waals surface area contributed by atoms with Crippen molar-refractivity contribution in [1.29, 1.82) is 0 Å². The number of hydrogen-bond acceptors (Lipinski definition) is 2. The monoisotopic (exact) mass is 337 g/mol. The second-order valence-corrected chi connectivity index (χ2v) is 7.20. The summed E-state index contributed by atoms with van der Waals surface area (Å²) in [6.07, 6.45) is 3.20. The Morgan fingerprint density at radius 1 is 1.24 bits per heavy atom. The highest BCUT2D eigenvalue weighted by Crippen LogP contribution is 2.30. The maximum atomic E-state index is 12.4. The van der Waals surface area contributed by atoms with E-state index in [0.717, 1.165) is 36.1 Å². The summed E-state index contributed by atoms with van der Waals surface area (Å²) in [6.45, 7) is 6.37. The number of hydrogen-bond donors (Lipinski definition) is 1. The van der Waals surface area contributed by atoms with Crippen LogP contribution in [-0.4, -0.2) is 12.5 Å². The molecule has 3 rings (SSSR count). The summed E-state index contributed by atoms with van der Waals surface area (Å²) in [5.74, 6) is 1.12. The molecule has 0 unspecified atom stereocenters. The Morgan fingerprint density at radius 2 is 2.04 bits per heavy atom. The van der Waals surface area contributed by atoms with Gasteiger partial charge in [0.15, 0.2) is 6.61 Å². The zero-order valence-corrected chi connectivity index (χ0v) is 15.3. The first-order chi connectivity index (χ1) is 12.0. The van der Waals surface area contributed by atoms with Crippen molar-refractivity contribution in [3.05, 3.63) is 64.7 Å².